The maximum atomic E-state index is 11.8. The molecule has 0 unspecified atom stereocenters. The first kappa shape index (κ1) is 12.3. The summed E-state index contributed by atoms with van der Waals surface area (Å²) in [6, 6.07) is 6.18. The molecule has 0 saturated heterocycles. The molecular formula is C12H9ClN2O3. The molecule has 0 fully saturated rings. The zero-order valence-corrected chi connectivity index (χ0v) is 10.2. The van der Waals surface area contributed by atoms with Gasteiger partial charge in [0.05, 0.1) is 11.2 Å². The van der Waals surface area contributed by atoms with Crippen molar-refractivity contribution in [2.24, 2.45) is 7.05 Å². The van der Waals surface area contributed by atoms with Crippen molar-refractivity contribution in [2.75, 3.05) is 0 Å². The van der Waals surface area contributed by atoms with E-state index in [1.165, 1.54) is 23.0 Å². The molecule has 0 aliphatic carbocycles. The monoisotopic (exact) mass is 264 g/mol. The highest BCUT2D eigenvalue weighted by Crippen LogP contribution is 2.18. The Bertz CT molecular complexity index is 570. The van der Waals surface area contributed by atoms with Crippen molar-refractivity contribution in [2.45, 2.75) is 0 Å². The van der Waals surface area contributed by atoms with Crippen molar-refractivity contribution in [3.8, 4) is 5.75 Å². The second kappa shape index (κ2) is 5.01. The Morgan fingerprint density at radius 2 is 2.06 bits per heavy atom. The van der Waals surface area contributed by atoms with Crippen LogP contribution in [0.1, 0.15) is 20.8 Å². The van der Waals surface area contributed by atoms with E-state index in [4.69, 9.17) is 16.3 Å². The third-order valence-electron chi connectivity index (χ3n) is 2.31. The Balaban J connectivity index is 2.18. The molecule has 0 aliphatic rings. The number of carbonyl (C=O) groups excluding carboxylic acids is 2. The molecule has 0 radical (unpaired) electrons. The molecule has 18 heavy (non-hydrogen) atoms. The van der Waals surface area contributed by atoms with Crippen LogP contribution in [-0.2, 0) is 7.05 Å². The van der Waals surface area contributed by atoms with Gasteiger partial charge in [-0.05, 0) is 24.3 Å². The van der Waals surface area contributed by atoms with Crippen molar-refractivity contribution >= 4 is 23.9 Å². The zero-order valence-electron chi connectivity index (χ0n) is 9.46. The number of benzene rings is 1. The first-order valence-corrected chi connectivity index (χ1v) is 5.44. The second-order valence-corrected chi connectivity index (χ2v) is 3.95. The zero-order chi connectivity index (χ0) is 13.1. The van der Waals surface area contributed by atoms with Crippen LogP contribution in [0.2, 0.25) is 5.02 Å². The Kier molecular flexibility index (Phi) is 3.43. The average molecular weight is 265 g/mol. The van der Waals surface area contributed by atoms with Gasteiger partial charge in [0.15, 0.2) is 5.69 Å². The second-order valence-electron chi connectivity index (χ2n) is 3.54. The van der Waals surface area contributed by atoms with Crippen LogP contribution in [0.5, 0.6) is 5.75 Å². The number of nitrogens with zero attached hydrogens (tertiary/aromatic N) is 2. The molecule has 2 rings (SSSR count). The van der Waals surface area contributed by atoms with E-state index in [1.54, 1.807) is 19.2 Å². The van der Waals surface area contributed by atoms with E-state index in [-0.39, 0.29) is 10.7 Å². The average Bonchev–Trinajstić information content (AvgIpc) is 2.70. The molecule has 5 nitrogen and oxygen atoms in total. The van der Waals surface area contributed by atoms with E-state index in [0.717, 1.165) is 0 Å². The smallest absolute Gasteiger partial charge is 0.363 e. The predicted molar refractivity (Wildman–Crippen MR) is 65.0 cm³/mol. The predicted octanol–water partition coefficient (Wildman–Crippen LogP) is 2.11. The van der Waals surface area contributed by atoms with Crippen molar-refractivity contribution in [3.63, 3.8) is 0 Å². The van der Waals surface area contributed by atoms with Gasteiger partial charge in [-0.2, -0.15) is 5.10 Å². The molecule has 1 aromatic carbocycles. The van der Waals surface area contributed by atoms with E-state index in [2.05, 4.69) is 5.10 Å². The lowest BCUT2D eigenvalue weighted by molar-refractivity contribution is 0.0723. The van der Waals surface area contributed by atoms with Gasteiger partial charge in [0.2, 0.25) is 0 Å². The number of aromatic nitrogens is 2. The summed E-state index contributed by atoms with van der Waals surface area (Å²) in [5.74, 6) is -0.262. The molecular weight excluding hydrogens is 256 g/mol. The van der Waals surface area contributed by atoms with E-state index >= 15 is 0 Å². The van der Waals surface area contributed by atoms with Crippen molar-refractivity contribution < 1.29 is 14.3 Å². The quantitative estimate of drug-likeness (QED) is 0.484. The van der Waals surface area contributed by atoms with E-state index in [1.807, 2.05) is 0 Å². The summed E-state index contributed by atoms with van der Waals surface area (Å²) in [6.07, 6.45) is 2.08. The standard InChI is InChI=1S/C12H9ClN2O3/c1-15-11(10(13)6-14-15)12(17)18-9-4-2-8(7-16)3-5-9/h2-7H,1H3. The lowest BCUT2D eigenvalue weighted by Crippen LogP contribution is -2.14. The fourth-order valence-electron chi connectivity index (χ4n) is 1.41. The number of rotatable bonds is 3. The molecule has 0 bridgehead atoms. The summed E-state index contributed by atoms with van der Waals surface area (Å²) in [7, 11) is 1.60. The van der Waals surface area contributed by atoms with Crippen molar-refractivity contribution in [1.29, 1.82) is 0 Å². The topological polar surface area (TPSA) is 61.2 Å². The fourth-order valence-corrected chi connectivity index (χ4v) is 1.65. The highest BCUT2D eigenvalue weighted by atomic mass is 35.5. The number of aryl methyl sites for hydroxylation is 1. The molecule has 0 atom stereocenters. The molecule has 92 valence electrons. The third kappa shape index (κ3) is 2.41. The molecule has 0 aliphatic heterocycles. The minimum Gasteiger partial charge on any atom is -0.422 e. The third-order valence-corrected chi connectivity index (χ3v) is 2.59. The van der Waals surface area contributed by atoms with Gasteiger partial charge in [-0.1, -0.05) is 11.6 Å². The molecule has 0 amide bonds. The minimum absolute atomic E-state index is 0.177. The van der Waals surface area contributed by atoms with Gasteiger partial charge in [-0.25, -0.2) is 4.79 Å². The normalized spacial score (nSPS) is 10.1. The molecule has 0 saturated carbocycles. The summed E-state index contributed by atoms with van der Waals surface area (Å²) in [4.78, 5) is 22.3. The lowest BCUT2D eigenvalue weighted by atomic mass is 10.2. The van der Waals surface area contributed by atoms with E-state index in [9.17, 15) is 9.59 Å². The summed E-state index contributed by atoms with van der Waals surface area (Å²) >= 11 is 5.82. The SMILES string of the molecule is Cn1ncc(Cl)c1C(=O)Oc1ccc(C=O)cc1. The number of aldehydes is 1. The summed E-state index contributed by atoms with van der Waals surface area (Å²) in [5, 5.41) is 4.07. The van der Waals surface area contributed by atoms with Crippen molar-refractivity contribution in [1.82, 2.24) is 9.78 Å². The van der Waals surface area contributed by atoms with Gasteiger partial charge in [-0.3, -0.25) is 9.48 Å². The number of carbonyl (C=O) groups is 2. The number of hydrogen-bond acceptors (Lipinski definition) is 4. The molecule has 6 heteroatoms. The highest BCUT2D eigenvalue weighted by Gasteiger charge is 2.17. The van der Waals surface area contributed by atoms with Crippen LogP contribution >= 0.6 is 11.6 Å². The van der Waals surface area contributed by atoms with Gasteiger partial charge in [0.1, 0.15) is 12.0 Å². The molecule has 0 spiro atoms. The Morgan fingerprint density at radius 1 is 1.39 bits per heavy atom. The van der Waals surface area contributed by atoms with Crippen LogP contribution in [0.3, 0.4) is 0 Å². The van der Waals surface area contributed by atoms with Crippen LogP contribution in [0.25, 0.3) is 0 Å². The maximum absolute atomic E-state index is 11.8. The molecule has 1 aromatic heterocycles. The first-order valence-electron chi connectivity index (χ1n) is 5.06. The van der Waals surface area contributed by atoms with Gasteiger partial charge in [0.25, 0.3) is 0 Å². The van der Waals surface area contributed by atoms with Gasteiger partial charge in [0, 0.05) is 12.6 Å². The number of hydrogen-bond donors (Lipinski definition) is 0. The first-order chi connectivity index (χ1) is 8.61. The van der Waals surface area contributed by atoms with Crippen LogP contribution in [0.15, 0.2) is 30.5 Å². The summed E-state index contributed by atoms with van der Waals surface area (Å²) in [6.45, 7) is 0. The Labute approximate surface area is 108 Å². The van der Waals surface area contributed by atoms with Gasteiger partial charge in [-0.15, -0.1) is 0 Å². The van der Waals surface area contributed by atoms with Gasteiger partial charge < -0.3 is 4.74 Å². The minimum atomic E-state index is -0.598. The van der Waals surface area contributed by atoms with E-state index in [0.29, 0.717) is 17.6 Å². The Hall–Kier alpha value is -2.14. The number of halogens is 1. The van der Waals surface area contributed by atoms with Gasteiger partial charge >= 0.3 is 5.97 Å². The maximum Gasteiger partial charge on any atom is 0.363 e. The van der Waals surface area contributed by atoms with Crippen LogP contribution in [-0.4, -0.2) is 22.0 Å². The summed E-state index contributed by atoms with van der Waals surface area (Å²) in [5.41, 5.74) is 0.685. The van der Waals surface area contributed by atoms with Crippen LogP contribution in [0, 0.1) is 0 Å². The molecule has 0 N–H and O–H groups in total. The Morgan fingerprint density at radius 3 is 2.56 bits per heavy atom. The van der Waals surface area contributed by atoms with E-state index < -0.39 is 5.97 Å². The largest absolute Gasteiger partial charge is 0.422 e. The number of esters is 1. The highest BCUT2D eigenvalue weighted by molar-refractivity contribution is 6.33. The molecule has 1 heterocycles. The fraction of sp³-hybridized carbons (Fsp3) is 0.0833. The van der Waals surface area contributed by atoms with Crippen LogP contribution in [0.4, 0.5) is 0 Å². The molecule has 2 aromatic rings. The van der Waals surface area contributed by atoms with Crippen molar-refractivity contribution in [3.05, 3.63) is 46.7 Å². The summed E-state index contributed by atoms with van der Waals surface area (Å²) < 4.78 is 6.46. The lowest BCUT2D eigenvalue weighted by Gasteiger charge is -2.04. The van der Waals surface area contributed by atoms with Crippen LogP contribution < -0.4 is 4.74 Å². The number of ether oxygens (including phenoxy) is 1.